The lowest BCUT2D eigenvalue weighted by Gasteiger charge is -2.11. The molecule has 0 saturated heterocycles. The molecule has 0 amide bonds. The summed E-state index contributed by atoms with van der Waals surface area (Å²) in [5.74, 6) is -0.0560. The van der Waals surface area contributed by atoms with Gasteiger partial charge in [0.05, 0.1) is 12.2 Å². The van der Waals surface area contributed by atoms with E-state index in [1.54, 1.807) is 42.5 Å². The van der Waals surface area contributed by atoms with E-state index in [1.165, 1.54) is 6.92 Å². The first kappa shape index (κ1) is 16.2. The van der Waals surface area contributed by atoms with Crippen molar-refractivity contribution in [2.24, 2.45) is 0 Å². The van der Waals surface area contributed by atoms with Gasteiger partial charge >= 0.3 is 5.97 Å². The minimum absolute atomic E-state index is 0.164. The topological polar surface area (TPSA) is 52.6 Å². The average molecular weight is 363 g/mol. The number of carbonyl (C=O) groups excluding carboxylic acids is 2. The Morgan fingerprint density at radius 2 is 1.77 bits per heavy atom. The van der Waals surface area contributed by atoms with Gasteiger partial charge in [0.2, 0.25) is 0 Å². The second-order valence-corrected chi connectivity index (χ2v) is 5.43. The van der Waals surface area contributed by atoms with Gasteiger partial charge in [-0.1, -0.05) is 28.1 Å². The van der Waals surface area contributed by atoms with Crippen molar-refractivity contribution >= 4 is 27.7 Å². The van der Waals surface area contributed by atoms with E-state index in [4.69, 9.17) is 9.47 Å². The molecule has 0 fully saturated rings. The maximum Gasteiger partial charge on any atom is 0.347 e. The van der Waals surface area contributed by atoms with Crippen molar-refractivity contribution in [3.8, 4) is 11.5 Å². The highest BCUT2D eigenvalue weighted by atomic mass is 79.9. The summed E-state index contributed by atoms with van der Waals surface area (Å²) in [6, 6.07) is 11.7. The molecule has 0 aromatic heterocycles. The summed E-state index contributed by atoms with van der Waals surface area (Å²) in [4.78, 5) is 24.0. The highest BCUT2D eigenvalue weighted by Gasteiger charge is 2.18. The minimum Gasteiger partial charge on any atom is -0.493 e. The van der Waals surface area contributed by atoms with Gasteiger partial charge in [0.1, 0.15) is 17.1 Å². The van der Waals surface area contributed by atoms with Crippen LogP contribution in [0.3, 0.4) is 0 Å². The molecule has 4 nitrogen and oxygen atoms in total. The van der Waals surface area contributed by atoms with Gasteiger partial charge in [0.15, 0.2) is 5.78 Å². The summed E-state index contributed by atoms with van der Waals surface area (Å²) in [6.45, 7) is 3.70. The van der Waals surface area contributed by atoms with E-state index in [0.717, 1.165) is 4.47 Å². The van der Waals surface area contributed by atoms with Gasteiger partial charge in [0.25, 0.3) is 0 Å². The molecule has 0 atom stereocenters. The molecule has 0 heterocycles. The van der Waals surface area contributed by atoms with E-state index in [2.05, 4.69) is 15.9 Å². The quantitative estimate of drug-likeness (QED) is 0.452. The first-order chi connectivity index (χ1) is 10.5. The van der Waals surface area contributed by atoms with Gasteiger partial charge in [-0.15, -0.1) is 0 Å². The summed E-state index contributed by atoms with van der Waals surface area (Å²) in [7, 11) is 0. The Kier molecular flexibility index (Phi) is 5.33. The molecule has 0 aliphatic carbocycles. The second-order valence-electron chi connectivity index (χ2n) is 4.52. The van der Waals surface area contributed by atoms with Crippen LogP contribution < -0.4 is 9.47 Å². The molecule has 0 saturated carbocycles. The van der Waals surface area contributed by atoms with Crippen LogP contribution in [-0.4, -0.2) is 18.4 Å². The molecular formula is C17H15BrO4. The molecular weight excluding hydrogens is 348 g/mol. The molecule has 0 N–H and O–H groups in total. The third-order valence-electron chi connectivity index (χ3n) is 2.93. The predicted molar refractivity (Wildman–Crippen MR) is 86.7 cm³/mol. The molecule has 0 aliphatic heterocycles. The standard InChI is InChI=1S/C17H15BrO4/c1-3-21-15-9-8-12(18)10-14(15)17(20)22-16-7-5-4-6-13(16)11(2)19/h4-10H,3H2,1-2H3. The van der Waals surface area contributed by atoms with Crippen LogP contribution in [-0.2, 0) is 0 Å². The second kappa shape index (κ2) is 7.22. The monoisotopic (exact) mass is 362 g/mol. The largest absolute Gasteiger partial charge is 0.493 e. The summed E-state index contributed by atoms with van der Waals surface area (Å²) < 4.78 is 11.6. The molecule has 114 valence electrons. The van der Waals surface area contributed by atoms with Gasteiger partial charge < -0.3 is 9.47 Å². The normalized spacial score (nSPS) is 10.1. The molecule has 2 aromatic carbocycles. The maximum absolute atomic E-state index is 12.4. The number of halogens is 1. The van der Waals surface area contributed by atoms with E-state index >= 15 is 0 Å². The molecule has 0 radical (unpaired) electrons. The smallest absolute Gasteiger partial charge is 0.347 e. The fraction of sp³-hybridized carbons (Fsp3) is 0.176. The van der Waals surface area contributed by atoms with Crippen molar-refractivity contribution in [1.29, 1.82) is 0 Å². The first-order valence-corrected chi connectivity index (χ1v) is 7.56. The molecule has 5 heteroatoms. The van der Waals surface area contributed by atoms with E-state index in [-0.39, 0.29) is 11.5 Å². The van der Waals surface area contributed by atoms with Gasteiger partial charge in [-0.05, 0) is 44.2 Å². The number of para-hydroxylation sites is 1. The number of carbonyl (C=O) groups is 2. The average Bonchev–Trinajstić information content (AvgIpc) is 2.49. The zero-order chi connectivity index (χ0) is 16.1. The van der Waals surface area contributed by atoms with E-state index < -0.39 is 5.97 Å². The maximum atomic E-state index is 12.4. The summed E-state index contributed by atoms with van der Waals surface area (Å²) >= 11 is 3.32. The van der Waals surface area contributed by atoms with Crippen LogP contribution in [0.5, 0.6) is 11.5 Å². The molecule has 2 aromatic rings. The molecule has 2 rings (SSSR count). The van der Waals surface area contributed by atoms with Crippen molar-refractivity contribution in [2.75, 3.05) is 6.61 Å². The SMILES string of the molecule is CCOc1ccc(Br)cc1C(=O)Oc1ccccc1C(C)=O. The fourth-order valence-corrected chi connectivity index (χ4v) is 2.31. The van der Waals surface area contributed by atoms with Crippen molar-refractivity contribution < 1.29 is 19.1 Å². The number of ketones is 1. The lowest BCUT2D eigenvalue weighted by atomic mass is 10.1. The Hall–Kier alpha value is -2.14. The first-order valence-electron chi connectivity index (χ1n) is 6.77. The number of Topliss-reactive ketones (excluding diaryl/α,β-unsaturated/α-hetero) is 1. The Bertz CT molecular complexity index is 710. The van der Waals surface area contributed by atoms with Crippen LogP contribution in [0.4, 0.5) is 0 Å². The van der Waals surface area contributed by atoms with Gasteiger partial charge in [-0.3, -0.25) is 4.79 Å². The summed E-state index contributed by atoms with van der Waals surface area (Å²) in [5, 5.41) is 0. The van der Waals surface area contributed by atoms with E-state index in [0.29, 0.717) is 23.5 Å². The molecule has 0 unspecified atom stereocenters. The summed E-state index contributed by atoms with van der Waals surface area (Å²) in [6.07, 6.45) is 0. The molecule has 0 aliphatic rings. The van der Waals surface area contributed by atoms with Crippen LogP contribution in [0.25, 0.3) is 0 Å². The van der Waals surface area contributed by atoms with Crippen molar-refractivity contribution in [3.63, 3.8) is 0 Å². The van der Waals surface area contributed by atoms with E-state index in [9.17, 15) is 9.59 Å². The number of benzene rings is 2. The number of hydrogen-bond donors (Lipinski definition) is 0. The zero-order valence-corrected chi connectivity index (χ0v) is 13.8. The number of esters is 1. The summed E-state index contributed by atoms with van der Waals surface area (Å²) in [5.41, 5.74) is 0.665. The number of hydrogen-bond acceptors (Lipinski definition) is 4. The van der Waals surface area contributed by atoms with Crippen molar-refractivity contribution in [2.45, 2.75) is 13.8 Å². The van der Waals surface area contributed by atoms with Crippen LogP contribution >= 0.6 is 15.9 Å². The molecule has 22 heavy (non-hydrogen) atoms. The van der Waals surface area contributed by atoms with Crippen LogP contribution in [0.1, 0.15) is 34.6 Å². The number of ether oxygens (including phenoxy) is 2. The third-order valence-corrected chi connectivity index (χ3v) is 3.42. The van der Waals surface area contributed by atoms with Crippen LogP contribution in [0.2, 0.25) is 0 Å². The van der Waals surface area contributed by atoms with Gasteiger partial charge in [0, 0.05) is 4.47 Å². The van der Waals surface area contributed by atoms with E-state index in [1.807, 2.05) is 6.92 Å². The minimum atomic E-state index is -0.571. The van der Waals surface area contributed by atoms with Crippen molar-refractivity contribution in [1.82, 2.24) is 0 Å². The van der Waals surface area contributed by atoms with Crippen LogP contribution in [0, 0.1) is 0 Å². The third kappa shape index (κ3) is 3.74. The Morgan fingerprint density at radius 1 is 1.05 bits per heavy atom. The highest BCUT2D eigenvalue weighted by molar-refractivity contribution is 9.10. The molecule has 0 spiro atoms. The Morgan fingerprint density at radius 3 is 2.45 bits per heavy atom. The van der Waals surface area contributed by atoms with Gasteiger partial charge in [-0.2, -0.15) is 0 Å². The van der Waals surface area contributed by atoms with Crippen molar-refractivity contribution in [3.05, 3.63) is 58.1 Å². The predicted octanol–water partition coefficient (Wildman–Crippen LogP) is 4.27. The zero-order valence-electron chi connectivity index (χ0n) is 12.3. The van der Waals surface area contributed by atoms with Gasteiger partial charge in [-0.25, -0.2) is 4.79 Å². The number of rotatable bonds is 5. The Balaban J connectivity index is 2.34. The lowest BCUT2D eigenvalue weighted by molar-refractivity contribution is 0.0728. The Labute approximate surface area is 137 Å². The lowest BCUT2D eigenvalue weighted by Crippen LogP contribution is -2.12. The fourth-order valence-electron chi connectivity index (χ4n) is 1.94. The molecule has 0 bridgehead atoms. The highest BCUT2D eigenvalue weighted by Crippen LogP contribution is 2.26. The van der Waals surface area contributed by atoms with Crippen LogP contribution in [0.15, 0.2) is 46.9 Å².